The van der Waals surface area contributed by atoms with Gasteiger partial charge in [0.1, 0.15) is 0 Å². The second-order valence-electron chi connectivity index (χ2n) is 5.05. The van der Waals surface area contributed by atoms with Crippen molar-refractivity contribution in [2.75, 3.05) is 5.75 Å². The van der Waals surface area contributed by atoms with Gasteiger partial charge in [0.05, 0.1) is 12.0 Å². The SMILES string of the molecule is Cc1cc(C)nc(SCC(=O)N/N=C/c2cc(C)[nH]c2C)n1. The van der Waals surface area contributed by atoms with E-state index < -0.39 is 0 Å². The van der Waals surface area contributed by atoms with Gasteiger partial charge in [-0.3, -0.25) is 4.79 Å². The lowest BCUT2D eigenvalue weighted by Gasteiger charge is -2.02. The molecule has 2 rings (SSSR count). The van der Waals surface area contributed by atoms with E-state index in [2.05, 4.69) is 25.5 Å². The number of H-pyrrole nitrogens is 1. The maximum Gasteiger partial charge on any atom is 0.250 e. The van der Waals surface area contributed by atoms with E-state index in [1.807, 2.05) is 39.8 Å². The van der Waals surface area contributed by atoms with Crippen molar-refractivity contribution in [1.29, 1.82) is 0 Å². The zero-order chi connectivity index (χ0) is 16.1. The highest BCUT2D eigenvalue weighted by molar-refractivity contribution is 7.99. The van der Waals surface area contributed by atoms with Crippen LogP contribution in [0.3, 0.4) is 0 Å². The van der Waals surface area contributed by atoms with Crippen LogP contribution in [0.15, 0.2) is 22.4 Å². The minimum atomic E-state index is -0.186. The highest BCUT2D eigenvalue weighted by atomic mass is 32.2. The molecule has 7 heteroatoms. The third kappa shape index (κ3) is 4.70. The number of amides is 1. The third-order valence-corrected chi connectivity index (χ3v) is 3.72. The van der Waals surface area contributed by atoms with Crippen LogP contribution in [-0.4, -0.2) is 32.8 Å². The normalized spacial score (nSPS) is 11.1. The van der Waals surface area contributed by atoms with Crippen molar-refractivity contribution in [2.45, 2.75) is 32.9 Å². The summed E-state index contributed by atoms with van der Waals surface area (Å²) < 4.78 is 0. The van der Waals surface area contributed by atoms with E-state index in [0.717, 1.165) is 28.3 Å². The van der Waals surface area contributed by atoms with E-state index >= 15 is 0 Å². The van der Waals surface area contributed by atoms with Gasteiger partial charge >= 0.3 is 0 Å². The largest absolute Gasteiger partial charge is 0.362 e. The second kappa shape index (κ2) is 7.22. The summed E-state index contributed by atoms with van der Waals surface area (Å²) in [6, 6.07) is 3.87. The quantitative estimate of drug-likeness (QED) is 0.383. The first-order valence-electron chi connectivity index (χ1n) is 6.87. The Morgan fingerprint density at radius 2 is 1.95 bits per heavy atom. The fraction of sp³-hybridized carbons (Fsp3) is 0.333. The molecule has 0 aliphatic rings. The van der Waals surface area contributed by atoms with Gasteiger partial charge in [0.25, 0.3) is 5.91 Å². The number of hydrogen-bond donors (Lipinski definition) is 2. The molecule has 2 aromatic rings. The van der Waals surface area contributed by atoms with Crippen LogP contribution in [0.2, 0.25) is 0 Å². The topological polar surface area (TPSA) is 83.0 Å². The molecule has 1 amide bonds. The molecule has 0 aromatic carbocycles. The van der Waals surface area contributed by atoms with Gasteiger partial charge in [-0.2, -0.15) is 5.10 Å². The Balaban J connectivity index is 1.84. The lowest BCUT2D eigenvalue weighted by atomic mass is 10.3. The van der Waals surface area contributed by atoms with Gasteiger partial charge in [-0.25, -0.2) is 15.4 Å². The average Bonchev–Trinajstić information content (AvgIpc) is 2.74. The molecule has 0 bridgehead atoms. The molecule has 0 atom stereocenters. The van der Waals surface area contributed by atoms with Crippen molar-refractivity contribution in [3.8, 4) is 0 Å². The van der Waals surface area contributed by atoms with Crippen LogP contribution >= 0.6 is 11.8 Å². The van der Waals surface area contributed by atoms with Gasteiger partial charge in [0.2, 0.25) is 0 Å². The van der Waals surface area contributed by atoms with Crippen LogP contribution in [0.4, 0.5) is 0 Å². The summed E-state index contributed by atoms with van der Waals surface area (Å²) in [4.78, 5) is 23.5. The first-order chi connectivity index (χ1) is 10.4. The summed E-state index contributed by atoms with van der Waals surface area (Å²) in [5.74, 6) is 0.0414. The minimum absolute atomic E-state index is 0.186. The number of thioether (sulfide) groups is 1. The zero-order valence-electron chi connectivity index (χ0n) is 13.1. The number of hydrogen-bond acceptors (Lipinski definition) is 5. The molecule has 0 unspecified atom stereocenters. The average molecular weight is 317 g/mol. The van der Waals surface area contributed by atoms with E-state index in [1.165, 1.54) is 11.8 Å². The maximum absolute atomic E-state index is 11.8. The van der Waals surface area contributed by atoms with Crippen molar-refractivity contribution < 1.29 is 4.79 Å². The minimum Gasteiger partial charge on any atom is -0.362 e. The molecule has 0 saturated carbocycles. The van der Waals surface area contributed by atoms with Crippen molar-refractivity contribution >= 4 is 23.9 Å². The third-order valence-electron chi connectivity index (χ3n) is 2.88. The molecule has 2 N–H and O–H groups in total. The highest BCUT2D eigenvalue weighted by Crippen LogP contribution is 2.13. The molecule has 0 aliphatic carbocycles. The summed E-state index contributed by atoms with van der Waals surface area (Å²) in [7, 11) is 0. The number of carbonyl (C=O) groups excluding carboxylic acids is 1. The van der Waals surface area contributed by atoms with Crippen molar-refractivity contribution in [1.82, 2.24) is 20.4 Å². The number of nitrogens with one attached hydrogen (secondary N) is 2. The molecule has 0 spiro atoms. The van der Waals surface area contributed by atoms with Crippen LogP contribution in [0.5, 0.6) is 0 Å². The van der Waals surface area contributed by atoms with Crippen LogP contribution in [-0.2, 0) is 4.79 Å². The van der Waals surface area contributed by atoms with Crippen molar-refractivity contribution in [2.24, 2.45) is 5.10 Å². The molecule has 0 radical (unpaired) electrons. The van der Waals surface area contributed by atoms with Gasteiger partial charge in [-0.15, -0.1) is 0 Å². The Bertz CT molecular complexity index is 688. The lowest BCUT2D eigenvalue weighted by molar-refractivity contribution is -0.118. The summed E-state index contributed by atoms with van der Waals surface area (Å²) in [5, 5.41) is 4.57. The first-order valence-corrected chi connectivity index (χ1v) is 7.86. The lowest BCUT2D eigenvalue weighted by Crippen LogP contribution is -2.19. The Morgan fingerprint density at radius 3 is 2.55 bits per heavy atom. The zero-order valence-corrected chi connectivity index (χ0v) is 13.9. The van der Waals surface area contributed by atoms with Gasteiger partial charge < -0.3 is 4.98 Å². The molecular weight excluding hydrogens is 298 g/mol. The number of aromatic nitrogens is 3. The summed E-state index contributed by atoms with van der Waals surface area (Å²) >= 11 is 1.30. The number of carbonyl (C=O) groups is 1. The molecule has 0 fully saturated rings. The number of rotatable bonds is 5. The van der Waals surface area contributed by atoms with Gasteiger partial charge in [0, 0.05) is 28.3 Å². The Labute approximate surface area is 133 Å². The van der Waals surface area contributed by atoms with E-state index in [9.17, 15) is 4.79 Å². The van der Waals surface area contributed by atoms with E-state index in [1.54, 1.807) is 6.21 Å². The summed E-state index contributed by atoms with van der Waals surface area (Å²) in [6.07, 6.45) is 1.63. The maximum atomic E-state index is 11.8. The van der Waals surface area contributed by atoms with Crippen LogP contribution in [0.1, 0.15) is 28.3 Å². The monoisotopic (exact) mass is 317 g/mol. The summed E-state index contributed by atoms with van der Waals surface area (Å²) in [5.41, 5.74) is 7.34. The predicted molar refractivity (Wildman–Crippen MR) is 88.2 cm³/mol. The molecule has 116 valence electrons. The molecule has 6 nitrogen and oxygen atoms in total. The Kier molecular flexibility index (Phi) is 5.32. The van der Waals surface area contributed by atoms with Gasteiger partial charge in [-0.05, 0) is 39.8 Å². The second-order valence-corrected chi connectivity index (χ2v) is 5.99. The van der Waals surface area contributed by atoms with Crippen molar-refractivity contribution in [3.05, 3.63) is 40.5 Å². The Morgan fingerprint density at radius 1 is 1.27 bits per heavy atom. The highest BCUT2D eigenvalue weighted by Gasteiger charge is 2.05. The molecule has 0 saturated heterocycles. The van der Waals surface area contributed by atoms with Crippen LogP contribution < -0.4 is 5.43 Å². The van der Waals surface area contributed by atoms with Crippen molar-refractivity contribution in [3.63, 3.8) is 0 Å². The molecule has 22 heavy (non-hydrogen) atoms. The van der Waals surface area contributed by atoms with Crippen LogP contribution in [0.25, 0.3) is 0 Å². The van der Waals surface area contributed by atoms with Crippen LogP contribution in [0, 0.1) is 27.7 Å². The standard InChI is InChI=1S/C15H19N5OS/c1-9-5-10(2)19-15(18-9)22-8-14(21)20-16-7-13-6-11(3)17-12(13)4/h5-7,17H,8H2,1-4H3,(H,20,21)/b16-7+. The number of aryl methyl sites for hydroxylation is 4. The smallest absolute Gasteiger partial charge is 0.250 e. The van der Waals surface area contributed by atoms with E-state index in [-0.39, 0.29) is 11.7 Å². The predicted octanol–water partition coefficient (Wildman–Crippen LogP) is 2.28. The number of aromatic amines is 1. The van der Waals surface area contributed by atoms with E-state index in [4.69, 9.17) is 0 Å². The fourth-order valence-corrected chi connectivity index (χ4v) is 2.72. The number of hydrazone groups is 1. The molecular formula is C15H19N5OS. The molecule has 0 aliphatic heterocycles. The first kappa shape index (κ1) is 16.2. The summed E-state index contributed by atoms with van der Waals surface area (Å²) in [6.45, 7) is 7.75. The Hall–Kier alpha value is -2.15. The van der Waals surface area contributed by atoms with E-state index in [0.29, 0.717) is 5.16 Å². The molecule has 2 aromatic heterocycles. The molecule has 2 heterocycles. The fourth-order valence-electron chi connectivity index (χ4n) is 1.97. The number of nitrogens with zero attached hydrogens (tertiary/aromatic N) is 3. The van der Waals surface area contributed by atoms with Gasteiger partial charge in [0.15, 0.2) is 5.16 Å². The van der Waals surface area contributed by atoms with Gasteiger partial charge in [-0.1, -0.05) is 11.8 Å².